The maximum Gasteiger partial charge on any atom is 0.129 e. The van der Waals surface area contributed by atoms with Crippen LogP contribution >= 0.6 is 0 Å². The number of hydrogen-bond acceptors (Lipinski definition) is 4. The lowest BCUT2D eigenvalue weighted by molar-refractivity contribution is 0.170. The molecule has 2 rings (SSSR count). The van der Waals surface area contributed by atoms with E-state index in [9.17, 15) is 0 Å². The van der Waals surface area contributed by atoms with Crippen molar-refractivity contribution >= 4 is 16.7 Å². The molecule has 0 bridgehead atoms. The third kappa shape index (κ3) is 3.43. The molecule has 0 fully saturated rings. The number of anilines is 1. The Bertz CT molecular complexity index is 537. The van der Waals surface area contributed by atoms with Gasteiger partial charge in [0.05, 0.1) is 18.2 Å². The Hall–Kier alpha value is -1.65. The van der Waals surface area contributed by atoms with Crippen LogP contribution in [-0.4, -0.2) is 36.5 Å². The minimum atomic E-state index is 0.0716. The summed E-state index contributed by atoms with van der Waals surface area (Å²) >= 11 is 0. The largest absolute Gasteiger partial charge is 0.396 e. The van der Waals surface area contributed by atoms with Crippen molar-refractivity contribution in [3.63, 3.8) is 0 Å². The van der Waals surface area contributed by atoms with Gasteiger partial charge in [-0.15, -0.1) is 0 Å². The van der Waals surface area contributed by atoms with Crippen LogP contribution in [0.25, 0.3) is 10.9 Å². The first-order chi connectivity index (χ1) is 9.24. The molecule has 1 aromatic heterocycles. The van der Waals surface area contributed by atoms with Crippen LogP contribution in [0.4, 0.5) is 5.82 Å². The molecule has 1 aromatic carbocycles. The second kappa shape index (κ2) is 6.50. The van der Waals surface area contributed by atoms with Crippen LogP contribution in [0.2, 0.25) is 0 Å². The van der Waals surface area contributed by atoms with Gasteiger partial charge in [-0.05, 0) is 31.0 Å². The van der Waals surface area contributed by atoms with Gasteiger partial charge in [0.25, 0.3) is 0 Å². The summed E-state index contributed by atoms with van der Waals surface area (Å²) in [6, 6.07) is 10.2. The van der Waals surface area contributed by atoms with Gasteiger partial charge < -0.3 is 15.2 Å². The van der Waals surface area contributed by atoms with Crippen molar-refractivity contribution in [2.24, 2.45) is 0 Å². The maximum absolute atomic E-state index is 9.07. The van der Waals surface area contributed by atoms with Crippen LogP contribution in [0, 0.1) is 6.92 Å². The summed E-state index contributed by atoms with van der Waals surface area (Å²) in [5.74, 6) is 0.856. The molecular formula is C15H20N2O2. The number of fused-ring (bicyclic) bond motifs is 1. The molecule has 102 valence electrons. The van der Waals surface area contributed by atoms with Crippen LogP contribution in [0.3, 0.4) is 0 Å². The molecule has 0 saturated carbocycles. The molecule has 2 N–H and O–H groups in total. The van der Waals surface area contributed by atoms with E-state index in [1.165, 1.54) is 0 Å². The van der Waals surface area contributed by atoms with Crippen molar-refractivity contribution in [1.82, 2.24) is 4.98 Å². The quantitative estimate of drug-likeness (QED) is 0.837. The van der Waals surface area contributed by atoms with Gasteiger partial charge in [-0.3, -0.25) is 0 Å². The maximum atomic E-state index is 9.07. The number of nitrogens with zero attached hydrogens (tertiary/aromatic N) is 1. The third-order valence-corrected chi connectivity index (χ3v) is 3.10. The highest BCUT2D eigenvalue weighted by Crippen LogP contribution is 2.20. The smallest absolute Gasteiger partial charge is 0.129 e. The number of nitrogens with one attached hydrogen (secondary N) is 1. The van der Waals surface area contributed by atoms with E-state index >= 15 is 0 Å². The van der Waals surface area contributed by atoms with E-state index in [0.717, 1.165) is 22.3 Å². The number of aliphatic hydroxyl groups is 1. The number of aryl methyl sites for hydroxylation is 1. The molecule has 0 radical (unpaired) electrons. The van der Waals surface area contributed by atoms with Crippen molar-refractivity contribution in [2.75, 3.05) is 25.6 Å². The Kier molecular flexibility index (Phi) is 4.71. The van der Waals surface area contributed by atoms with E-state index in [1.807, 2.05) is 25.1 Å². The number of pyridine rings is 1. The molecule has 2 aromatic rings. The lowest BCUT2D eigenvalue weighted by Gasteiger charge is -2.19. The van der Waals surface area contributed by atoms with E-state index in [1.54, 1.807) is 7.11 Å². The van der Waals surface area contributed by atoms with Crippen LogP contribution in [0.5, 0.6) is 0 Å². The Labute approximate surface area is 113 Å². The zero-order valence-electron chi connectivity index (χ0n) is 11.4. The van der Waals surface area contributed by atoms with Crippen molar-refractivity contribution in [1.29, 1.82) is 0 Å². The standard InChI is InChI=1S/C15H20N2O2/c1-11-9-12-5-3-4-6-14(12)17-15(11)16-13(7-8-18)10-19-2/h3-6,9,13,18H,7-8,10H2,1-2H3,(H,16,17). The fourth-order valence-corrected chi connectivity index (χ4v) is 2.12. The summed E-state index contributed by atoms with van der Waals surface area (Å²) in [6.07, 6.45) is 0.641. The van der Waals surface area contributed by atoms with E-state index < -0.39 is 0 Å². The van der Waals surface area contributed by atoms with Crippen molar-refractivity contribution in [3.8, 4) is 0 Å². The van der Waals surface area contributed by atoms with Gasteiger partial charge in [-0.1, -0.05) is 18.2 Å². The zero-order valence-corrected chi connectivity index (χ0v) is 11.4. The summed E-state index contributed by atoms with van der Waals surface area (Å²) < 4.78 is 5.15. The molecular weight excluding hydrogens is 240 g/mol. The Balaban J connectivity index is 2.25. The van der Waals surface area contributed by atoms with E-state index in [-0.39, 0.29) is 12.6 Å². The normalized spacial score (nSPS) is 12.6. The summed E-state index contributed by atoms with van der Waals surface area (Å²) in [4.78, 5) is 4.63. The summed E-state index contributed by atoms with van der Waals surface area (Å²) in [5.41, 5.74) is 2.06. The Morgan fingerprint density at radius 1 is 1.37 bits per heavy atom. The average molecular weight is 260 g/mol. The van der Waals surface area contributed by atoms with Gasteiger partial charge in [0.15, 0.2) is 0 Å². The first kappa shape index (κ1) is 13.8. The molecule has 4 nitrogen and oxygen atoms in total. The first-order valence-corrected chi connectivity index (χ1v) is 6.47. The number of hydrogen-bond donors (Lipinski definition) is 2. The molecule has 1 heterocycles. The fraction of sp³-hybridized carbons (Fsp3) is 0.400. The van der Waals surface area contributed by atoms with Gasteiger partial charge >= 0.3 is 0 Å². The molecule has 0 amide bonds. The van der Waals surface area contributed by atoms with E-state index in [2.05, 4.69) is 22.4 Å². The zero-order chi connectivity index (χ0) is 13.7. The SMILES string of the molecule is COCC(CCO)Nc1nc2ccccc2cc1C. The molecule has 1 unspecified atom stereocenters. The van der Waals surface area contributed by atoms with E-state index in [4.69, 9.17) is 9.84 Å². The molecule has 4 heteroatoms. The lowest BCUT2D eigenvalue weighted by atomic mass is 10.1. The predicted octanol–water partition coefficient (Wildman–Crippen LogP) is 2.35. The summed E-state index contributed by atoms with van der Waals surface area (Å²) in [5, 5.41) is 13.5. The van der Waals surface area contributed by atoms with Gasteiger partial charge in [0, 0.05) is 19.1 Å². The number of aliphatic hydroxyl groups excluding tert-OH is 1. The lowest BCUT2D eigenvalue weighted by Crippen LogP contribution is -2.27. The number of aromatic nitrogens is 1. The number of rotatable bonds is 6. The molecule has 1 atom stereocenters. The minimum absolute atomic E-state index is 0.0716. The average Bonchev–Trinajstić information content (AvgIpc) is 2.40. The second-order valence-electron chi connectivity index (χ2n) is 4.66. The number of para-hydroxylation sites is 1. The van der Waals surface area contributed by atoms with Crippen LogP contribution in [0.15, 0.2) is 30.3 Å². The predicted molar refractivity (Wildman–Crippen MR) is 77.5 cm³/mol. The molecule has 0 saturated heterocycles. The van der Waals surface area contributed by atoms with Crippen LogP contribution < -0.4 is 5.32 Å². The third-order valence-electron chi connectivity index (χ3n) is 3.10. The molecule has 0 aliphatic carbocycles. The van der Waals surface area contributed by atoms with Gasteiger partial charge in [0.1, 0.15) is 5.82 Å². The number of methoxy groups -OCH3 is 1. The minimum Gasteiger partial charge on any atom is -0.396 e. The number of ether oxygens (including phenoxy) is 1. The Morgan fingerprint density at radius 3 is 2.89 bits per heavy atom. The first-order valence-electron chi connectivity index (χ1n) is 6.47. The van der Waals surface area contributed by atoms with Gasteiger partial charge in [0.2, 0.25) is 0 Å². The highest BCUT2D eigenvalue weighted by Gasteiger charge is 2.10. The highest BCUT2D eigenvalue weighted by molar-refractivity contribution is 5.81. The van der Waals surface area contributed by atoms with Gasteiger partial charge in [-0.25, -0.2) is 4.98 Å². The summed E-state index contributed by atoms with van der Waals surface area (Å²) in [7, 11) is 1.66. The Morgan fingerprint density at radius 2 is 2.16 bits per heavy atom. The summed E-state index contributed by atoms with van der Waals surface area (Å²) in [6.45, 7) is 2.72. The second-order valence-corrected chi connectivity index (χ2v) is 4.66. The van der Waals surface area contributed by atoms with Crippen LogP contribution in [-0.2, 0) is 4.74 Å². The number of benzene rings is 1. The monoisotopic (exact) mass is 260 g/mol. The van der Waals surface area contributed by atoms with Crippen molar-refractivity contribution in [3.05, 3.63) is 35.9 Å². The topological polar surface area (TPSA) is 54.4 Å². The molecule has 0 aliphatic heterocycles. The van der Waals surface area contributed by atoms with Crippen molar-refractivity contribution < 1.29 is 9.84 Å². The van der Waals surface area contributed by atoms with Crippen molar-refractivity contribution in [2.45, 2.75) is 19.4 Å². The molecule has 19 heavy (non-hydrogen) atoms. The fourth-order valence-electron chi connectivity index (χ4n) is 2.12. The highest BCUT2D eigenvalue weighted by atomic mass is 16.5. The van der Waals surface area contributed by atoms with E-state index in [0.29, 0.717) is 13.0 Å². The van der Waals surface area contributed by atoms with Crippen LogP contribution in [0.1, 0.15) is 12.0 Å². The van der Waals surface area contributed by atoms with Gasteiger partial charge in [-0.2, -0.15) is 0 Å². The molecule has 0 spiro atoms. The molecule has 0 aliphatic rings.